The van der Waals surface area contributed by atoms with Crippen LogP contribution >= 0.6 is 11.8 Å². The first-order chi connectivity index (χ1) is 6.86. The third-order valence-electron chi connectivity index (χ3n) is 3.00. The van der Waals surface area contributed by atoms with Crippen LogP contribution in [0.1, 0.15) is 25.7 Å². The van der Waals surface area contributed by atoms with Gasteiger partial charge >= 0.3 is 0 Å². The van der Waals surface area contributed by atoms with Gasteiger partial charge in [0.15, 0.2) is 0 Å². The van der Waals surface area contributed by atoms with E-state index in [-0.39, 0.29) is 0 Å². The van der Waals surface area contributed by atoms with E-state index in [0.717, 1.165) is 12.5 Å². The first-order valence-electron chi connectivity index (χ1n) is 5.78. The molecule has 0 aromatic rings. The van der Waals surface area contributed by atoms with Gasteiger partial charge in [0, 0.05) is 6.54 Å². The van der Waals surface area contributed by atoms with E-state index >= 15 is 0 Å². The largest absolute Gasteiger partial charge is 0.330 e. The molecule has 1 aliphatic heterocycles. The molecule has 0 saturated carbocycles. The van der Waals surface area contributed by atoms with Crippen LogP contribution < -0.4 is 5.73 Å². The fourth-order valence-electron chi connectivity index (χ4n) is 2.26. The second-order valence-electron chi connectivity index (χ2n) is 4.23. The fraction of sp³-hybridized carbons (Fsp3) is 1.00. The van der Waals surface area contributed by atoms with E-state index < -0.39 is 0 Å². The van der Waals surface area contributed by atoms with Crippen molar-refractivity contribution < 1.29 is 0 Å². The maximum Gasteiger partial charge on any atom is 0.00101 e. The van der Waals surface area contributed by atoms with E-state index in [1.807, 2.05) is 11.8 Å². The molecule has 1 heterocycles. The maximum atomic E-state index is 5.60. The molecule has 2 N–H and O–H groups in total. The molecule has 1 unspecified atom stereocenters. The van der Waals surface area contributed by atoms with Crippen LogP contribution in [-0.4, -0.2) is 43.1 Å². The average molecular weight is 216 g/mol. The van der Waals surface area contributed by atoms with E-state index in [0.29, 0.717) is 0 Å². The maximum absolute atomic E-state index is 5.60. The first kappa shape index (κ1) is 12.3. The van der Waals surface area contributed by atoms with Gasteiger partial charge < -0.3 is 10.6 Å². The fourth-order valence-corrected chi connectivity index (χ4v) is 2.68. The smallest absolute Gasteiger partial charge is 0.00101 e. The Hall–Kier alpha value is 0.270. The Balaban J connectivity index is 2.12. The number of thioether (sulfide) groups is 1. The van der Waals surface area contributed by atoms with E-state index in [1.54, 1.807) is 0 Å². The average Bonchev–Trinajstić information content (AvgIpc) is 2.19. The number of likely N-dealkylation sites (tertiary alicyclic amines) is 1. The van der Waals surface area contributed by atoms with Crippen LogP contribution in [0.15, 0.2) is 0 Å². The molecule has 1 rings (SSSR count). The summed E-state index contributed by atoms with van der Waals surface area (Å²) in [7, 11) is 0. The lowest BCUT2D eigenvalue weighted by molar-refractivity contribution is 0.171. The van der Waals surface area contributed by atoms with Crippen LogP contribution in [0, 0.1) is 5.92 Å². The number of nitrogens with zero attached hydrogens (tertiary/aromatic N) is 1. The lowest BCUT2D eigenvalue weighted by Gasteiger charge is -2.32. The zero-order valence-corrected chi connectivity index (χ0v) is 10.2. The Morgan fingerprint density at radius 2 is 2.36 bits per heavy atom. The summed E-state index contributed by atoms with van der Waals surface area (Å²) in [5, 5.41) is 0. The molecular formula is C11H24N2S. The molecule has 0 radical (unpaired) electrons. The molecule has 2 nitrogen and oxygen atoms in total. The van der Waals surface area contributed by atoms with Gasteiger partial charge in [-0.25, -0.2) is 0 Å². The van der Waals surface area contributed by atoms with Crippen LogP contribution in [-0.2, 0) is 0 Å². The third-order valence-corrected chi connectivity index (χ3v) is 3.70. The standard InChI is InChI=1S/C11H24N2S/c1-14-9-3-8-13-7-2-4-11(10-13)5-6-12/h11H,2-10,12H2,1H3. The van der Waals surface area contributed by atoms with Crippen molar-refractivity contribution in [2.45, 2.75) is 25.7 Å². The van der Waals surface area contributed by atoms with Crippen molar-refractivity contribution in [2.75, 3.05) is 38.2 Å². The molecule has 0 aliphatic carbocycles. The summed E-state index contributed by atoms with van der Waals surface area (Å²) in [6.07, 6.45) is 7.53. The summed E-state index contributed by atoms with van der Waals surface area (Å²) in [4.78, 5) is 2.63. The molecule has 3 heteroatoms. The van der Waals surface area contributed by atoms with Crippen LogP contribution in [0.2, 0.25) is 0 Å². The lowest BCUT2D eigenvalue weighted by Crippen LogP contribution is -2.36. The van der Waals surface area contributed by atoms with Gasteiger partial charge in [0.2, 0.25) is 0 Å². The zero-order valence-electron chi connectivity index (χ0n) is 9.37. The SMILES string of the molecule is CSCCCN1CCCC(CCN)C1. The van der Waals surface area contributed by atoms with Crippen molar-refractivity contribution in [1.82, 2.24) is 4.90 Å². The topological polar surface area (TPSA) is 29.3 Å². The summed E-state index contributed by atoms with van der Waals surface area (Å²) >= 11 is 1.95. The van der Waals surface area contributed by atoms with E-state index in [9.17, 15) is 0 Å². The molecule has 1 aliphatic rings. The van der Waals surface area contributed by atoms with Gasteiger partial charge in [-0.2, -0.15) is 11.8 Å². The van der Waals surface area contributed by atoms with Gasteiger partial charge in [-0.1, -0.05) is 0 Å². The highest BCUT2D eigenvalue weighted by Crippen LogP contribution is 2.19. The van der Waals surface area contributed by atoms with Gasteiger partial charge in [-0.3, -0.25) is 0 Å². The third kappa shape index (κ3) is 4.67. The van der Waals surface area contributed by atoms with Crippen LogP contribution in [0.3, 0.4) is 0 Å². The highest BCUT2D eigenvalue weighted by Gasteiger charge is 2.18. The lowest BCUT2D eigenvalue weighted by atomic mass is 9.95. The van der Waals surface area contributed by atoms with E-state index in [4.69, 9.17) is 5.73 Å². The molecule has 1 fully saturated rings. The summed E-state index contributed by atoms with van der Waals surface area (Å²) in [5.74, 6) is 2.18. The molecule has 0 aromatic heterocycles. The van der Waals surface area contributed by atoms with Crippen molar-refractivity contribution >= 4 is 11.8 Å². The molecule has 0 spiro atoms. The van der Waals surface area contributed by atoms with Crippen molar-refractivity contribution in [3.8, 4) is 0 Å². The summed E-state index contributed by atoms with van der Waals surface area (Å²) in [5.41, 5.74) is 5.60. The van der Waals surface area contributed by atoms with Crippen LogP contribution in [0.4, 0.5) is 0 Å². The quantitative estimate of drug-likeness (QED) is 0.687. The minimum atomic E-state index is 0.864. The summed E-state index contributed by atoms with van der Waals surface area (Å²) < 4.78 is 0. The van der Waals surface area contributed by atoms with E-state index in [2.05, 4.69) is 11.2 Å². The predicted molar refractivity (Wildman–Crippen MR) is 65.8 cm³/mol. The first-order valence-corrected chi connectivity index (χ1v) is 7.17. The number of hydrogen-bond acceptors (Lipinski definition) is 3. The van der Waals surface area contributed by atoms with Crippen molar-refractivity contribution in [3.63, 3.8) is 0 Å². The zero-order chi connectivity index (χ0) is 10.2. The Morgan fingerprint density at radius 1 is 1.50 bits per heavy atom. The molecule has 1 atom stereocenters. The minimum Gasteiger partial charge on any atom is -0.330 e. The summed E-state index contributed by atoms with van der Waals surface area (Å²) in [6, 6.07) is 0. The van der Waals surface area contributed by atoms with Gasteiger partial charge in [0.05, 0.1) is 0 Å². The Bertz CT molecular complexity index is 139. The summed E-state index contributed by atoms with van der Waals surface area (Å²) in [6.45, 7) is 4.77. The monoisotopic (exact) mass is 216 g/mol. The molecule has 0 amide bonds. The second-order valence-corrected chi connectivity index (χ2v) is 5.22. The van der Waals surface area contributed by atoms with Gasteiger partial charge in [0.25, 0.3) is 0 Å². The molecule has 1 saturated heterocycles. The van der Waals surface area contributed by atoms with Gasteiger partial charge in [-0.15, -0.1) is 0 Å². The minimum absolute atomic E-state index is 0.864. The van der Waals surface area contributed by atoms with Crippen LogP contribution in [0.5, 0.6) is 0 Å². The van der Waals surface area contributed by atoms with Crippen molar-refractivity contribution in [1.29, 1.82) is 0 Å². The van der Waals surface area contributed by atoms with Gasteiger partial charge in [-0.05, 0) is 63.2 Å². The molecule has 0 bridgehead atoms. The number of hydrogen-bond donors (Lipinski definition) is 1. The second kappa shape index (κ2) is 7.55. The predicted octanol–water partition coefficient (Wildman–Crippen LogP) is 1.80. The highest BCUT2D eigenvalue weighted by atomic mass is 32.2. The number of nitrogens with two attached hydrogens (primary N) is 1. The van der Waals surface area contributed by atoms with Crippen LogP contribution in [0.25, 0.3) is 0 Å². The molecule has 14 heavy (non-hydrogen) atoms. The number of piperidine rings is 1. The Kier molecular flexibility index (Phi) is 6.65. The normalized spacial score (nSPS) is 24.0. The van der Waals surface area contributed by atoms with Gasteiger partial charge in [0.1, 0.15) is 0 Å². The highest BCUT2D eigenvalue weighted by molar-refractivity contribution is 7.98. The van der Waals surface area contributed by atoms with Crippen molar-refractivity contribution in [2.24, 2.45) is 11.7 Å². The Labute approximate surface area is 92.6 Å². The number of rotatable bonds is 6. The van der Waals surface area contributed by atoms with Crippen molar-refractivity contribution in [3.05, 3.63) is 0 Å². The Morgan fingerprint density at radius 3 is 3.07 bits per heavy atom. The molecule has 0 aromatic carbocycles. The molecule has 84 valence electrons. The molecular weight excluding hydrogens is 192 g/mol. The van der Waals surface area contributed by atoms with E-state index in [1.165, 1.54) is 51.1 Å².